The SMILES string of the molecule is CC(=O)Nc1ccc(S(=O)(=O)NCc2nnnn2C2CCCC2)cc1. The van der Waals surface area contributed by atoms with E-state index in [1.54, 1.807) is 16.8 Å². The number of nitrogens with zero attached hydrogens (tertiary/aromatic N) is 4. The molecule has 0 aliphatic heterocycles. The molecule has 0 spiro atoms. The van der Waals surface area contributed by atoms with Crippen LogP contribution in [0.25, 0.3) is 0 Å². The fraction of sp³-hybridized carbons (Fsp3) is 0.467. The lowest BCUT2D eigenvalue weighted by molar-refractivity contribution is -0.114. The van der Waals surface area contributed by atoms with Crippen LogP contribution in [-0.2, 0) is 21.4 Å². The van der Waals surface area contributed by atoms with Gasteiger partial charge in [-0.25, -0.2) is 17.8 Å². The first-order chi connectivity index (χ1) is 12.0. The van der Waals surface area contributed by atoms with Crippen molar-refractivity contribution in [1.29, 1.82) is 0 Å². The quantitative estimate of drug-likeness (QED) is 0.795. The molecule has 1 aromatic heterocycles. The molecule has 1 aliphatic rings. The number of nitrogens with one attached hydrogen (secondary N) is 2. The van der Waals surface area contributed by atoms with Crippen LogP contribution in [0.1, 0.15) is 44.5 Å². The number of sulfonamides is 1. The van der Waals surface area contributed by atoms with E-state index in [1.165, 1.54) is 19.1 Å². The molecule has 9 nitrogen and oxygen atoms in total. The second kappa shape index (κ2) is 7.28. The third-order valence-corrected chi connectivity index (χ3v) is 5.55. The number of aromatic nitrogens is 4. The van der Waals surface area contributed by atoms with Crippen LogP contribution in [0.5, 0.6) is 0 Å². The highest BCUT2D eigenvalue weighted by atomic mass is 32.2. The van der Waals surface area contributed by atoms with Crippen molar-refractivity contribution in [2.75, 3.05) is 5.32 Å². The molecule has 0 bridgehead atoms. The molecule has 0 unspecified atom stereocenters. The van der Waals surface area contributed by atoms with Gasteiger partial charge < -0.3 is 5.32 Å². The monoisotopic (exact) mass is 364 g/mol. The molecular formula is C15H20N6O3S. The van der Waals surface area contributed by atoms with Gasteiger partial charge in [-0.15, -0.1) is 5.10 Å². The van der Waals surface area contributed by atoms with Crippen LogP contribution in [-0.4, -0.2) is 34.5 Å². The zero-order valence-electron chi connectivity index (χ0n) is 13.8. The van der Waals surface area contributed by atoms with Gasteiger partial charge in [0.25, 0.3) is 0 Å². The van der Waals surface area contributed by atoms with Gasteiger partial charge in [-0.3, -0.25) is 4.79 Å². The van der Waals surface area contributed by atoms with Crippen LogP contribution in [0.2, 0.25) is 0 Å². The summed E-state index contributed by atoms with van der Waals surface area (Å²) >= 11 is 0. The fourth-order valence-corrected chi connectivity index (χ4v) is 3.90. The first-order valence-corrected chi connectivity index (χ1v) is 9.58. The van der Waals surface area contributed by atoms with E-state index in [0.717, 1.165) is 25.7 Å². The summed E-state index contributed by atoms with van der Waals surface area (Å²) in [6.45, 7) is 1.42. The van der Waals surface area contributed by atoms with Gasteiger partial charge in [0.1, 0.15) is 0 Å². The third-order valence-electron chi connectivity index (χ3n) is 4.14. The minimum absolute atomic E-state index is 0.0271. The second-order valence-corrected chi connectivity index (χ2v) is 7.78. The number of amides is 1. The van der Waals surface area contributed by atoms with Crippen molar-refractivity contribution in [3.05, 3.63) is 30.1 Å². The Morgan fingerprint density at radius 2 is 1.92 bits per heavy atom. The van der Waals surface area contributed by atoms with Crippen molar-refractivity contribution in [3.63, 3.8) is 0 Å². The van der Waals surface area contributed by atoms with E-state index in [0.29, 0.717) is 11.5 Å². The van der Waals surface area contributed by atoms with Crippen molar-refractivity contribution in [2.45, 2.75) is 50.1 Å². The van der Waals surface area contributed by atoms with Crippen LogP contribution >= 0.6 is 0 Å². The molecule has 1 aliphatic carbocycles. The summed E-state index contributed by atoms with van der Waals surface area (Å²) in [7, 11) is -3.69. The summed E-state index contributed by atoms with van der Waals surface area (Å²) in [5.74, 6) is 0.290. The normalized spacial score (nSPS) is 15.4. The highest BCUT2D eigenvalue weighted by molar-refractivity contribution is 7.89. The largest absolute Gasteiger partial charge is 0.326 e. The van der Waals surface area contributed by atoms with E-state index in [2.05, 4.69) is 25.6 Å². The standard InChI is InChI=1S/C15H20N6O3S/c1-11(22)17-12-6-8-14(9-7-12)25(23,24)16-10-15-18-19-20-21(15)13-4-2-3-5-13/h6-9,13,16H,2-5,10H2,1H3,(H,17,22). The van der Waals surface area contributed by atoms with Crippen molar-refractivity contribution in [3.8, 4) is 0 Å². The minimum atomic E-state index is -3.69. The Labute approximate surface area is 145 Å². The predicted molar refractivity (Wildman–Crippen MR) is 90.1 cm³/mol. The van der Waals surface area contributed by atoms with Gasteiger partial charge in [0, 0.05) is 12.6 Å². The maximum Gasteiger partial charge on any atom is 0.240 e. The van der Waals surface area contributed by atoms with Gasteiger partial charge in [-0.2, -0.15) is 0 Å². The van der Waals surface area contributed by atoms with Crippen molar-refractivity contribution in [2.24, 2.45) is 0 Å². The average Bonchev–Trinajstić information content (AvgIpc) is 3.24. The Morgan fingerprint density at radius 1 is 1.24 bits per heavy atom. The molecule has 134 valence electrons. The van der Waals surface area contributed by atoms with Crippen molar-refractivity contribution < 1.29 is 13.2 Å². The molecule has 2 N–H and O–H groups in total. The van der Waals surface area contributed by atoms with Gasteiger partial charge in [-0.05, 0) is 47.5 Å². The van der Waals surface area contributed by atoms with E-state index in [-0.39, 0.29) is 23.4 Å². The average molecular weight is 364 g/mol. The zero-order valence-corrected chi connectivity index (χ0v) is 14.7. The summed E-state index contributed by atoms with van der Waals surface area (Å²) in [4.78, 5) is 11.1. The molecule has 0 saturated heterocycles. The first kappa shape index (κ1) is 17.5. The zero-order chi connectivity index (χ0) is 17.9. The molecule has 1 fully saturated rings. The molecule has 10 heteroatoms. The van der Waals surface area contributed by atoms with Crippen LogP contribution in [0.4, 0.5) is 5.69 Å². The molecular weight excluding hydrogens is 344 g/mol. The number of hydrogen-bond acceptors (Lipinski definition) is 6. The topological polar surface area (TPSA) is 119 Å². The van der Waals surface area contributed by atoms with E-state index >= 15 is 0 Å². The highest BCUT2D eigenvalue weighted by Crippen LogP contribution is 2.29. The highest BCUT2D eigenvalue weighted by Gasteiger charge is 2.22. The number of hydrogen-bond donors (Lipinski definition) is 2. The molecule has 2 aromatic rings. The van der Waals surface area contributed by atoms with Crippen molar-refractivity contribution in [1.82, 2.24) is 24.9 Å². The first-order valence-electron chi connectivity index (χ1n) is 8.10. The third kappa shape index (κ3) is 4.20. The molecule has 1 saturated carbocycles. The molecule has 0 radical (unpaired) electrons. The Hall–Kier alpha value is -2.33. The minimum Gasteiger partial charge on any atom is -0.326 e. The Kier molecular flexibility index (Phi) is 5.09. The Morgan fingerprint density at radius 3 is 2.56 bits per heavy atom. The smallest absolute Gasteiger partial charge is 0.240 e. The lowest BCUT2D eigenvalue weighted by atomic mass is 10.2. The maximum atomic E-state index is 12.4. The van der Waals surface area contributed by atoms with E-state index < -0.39 is 10.0 Å². The summed E-state index contributed by atoms with van der Waals surface area (Å²) < 4.78 is 29.1. The summed E-state index contributed by atoms with van der Waals surface area (Å²) in [6.07, 6.45) is 4.29. The predicted octanol–water partition coefficient (Wildman–Crippen LogP) is 1.23. The maximum absolute atomic E-state index is 12.4. The van der Waals surface area contributed by atoms with E-state index in [1.807, 2.05) is 0 Å². The molecule has 25 heavy (non-hydrogen) atoms. The number of tetrazole rings is 1. The molecule has 3 rings (SSSR count). The second-order valence-electron chi connectivity index (χ2n) is 6.01. The van der Waals surface area contributed by atoms with Gasteiger partial charge in [0.05, 0.1) is 17.5 Å². The van der Waals surface area contributed by atoms with Crippen LogP contribution in [0.15, 0.2) is 29.2 Å². The van der Waals surface area contributed by atoms with Crippen molar-refractivity contribution >= 4 is 21.6 Å². The van der Waals surface area contributed by atoms with Gasteiger partial charge in [0.15, 0.2) is 5.82 Å². The Balaban J connectivity index is 1.68. The lowest BCUT2D eigenvalue weighted by Gasteiger charge is -2.12. The van der Waals surface area contributed by atoms with Crippen LogP contribution in [0.3, 0.4) is 0 Å². The number of carbonyl (C=O) groups excluding carboxylic acids is 1. The number of benzene rings is 1. The van der Waals surface area contributed by atoms with Crippen LogP contribution in [0, 0.1) is 0 Å². The number of anilines is 1. The molecule has 1 aromatic carbocycles. The lowest BCUT2D eigenvalue weighted by Crippen LogP contribution is -2.26. The number of carbonyl (C=O) groups is 1. The summed E-state index contributed by atoms with van der Waals surface area (Å²) in [5, 5.41) is 14.2. The van der Waals surface area contributed by atoms with E-state index in [9.17, 15) is 13.2 Å². The summed E-state index contributed by atoms with van der Waals surface area (Å²) in [5.41, 5.74) is 0.539. The number of rotatable bonds is 6. The fourth-order valence-electron chi connectivity index (χ4n) is 2.92. The van der Waals surface area contributed by atoms with Crippen LogP contribution < -0.4 is 10.0 Å². The molecule has 0 atom stereocenters. The van der Waals surface area contributed by atoms with Gasteiger partial charge in [0.2, 0.25) is 15.9 Å². The molecule has 1 amide bonds. The Bertz CT molecular complexity index is 840. The van der Waals surface area contributed by atoms with E-state index in [4.69, 9.17) is 0 Å². The van der Waals surface area contributed by atoms with Gasteiger partial charge in [-0.1, -0.05) is 12.8 Å². The summed E-state index contributed by atoms with van der Waals surface area (Å²) in [6, 6.07) is 6.20. The van der Waals surface area contributed by atoms with Gasteiger partial charge >= 0.3 is 0 Å². The molecule has 1 heterocycles.